The maximum absolute atomic E-state index is 6.32. The van der Waals surface area contributed by atoms with Gasteiger partial charge in [-0.2, -0.15) is 0 Å². The van der Waals surface area contributed by atoms with Crippen LogP contribution >= 0.6 is 0 Å². The zero-order valence-electron chi connectivity index (χ0n) is 36.7. The van der Waals surface area contributed by atoms with Crippen molar-refractivity contribution < 1.29 is 4.42 Å². The zero-order valence-corrected chi connectivity index (χ0v) is 36.7. The largest absolute Gasteiger partial charge is 0.456 e. The summed E-state index contributed by atoms with van der Waals surface area (Å²) in [6.45, 7) is 4.73. The molecule has 0 aliphatic heterocycles. The van der Waals surface area contributed by atoms with Crippen molar-refractivity contribution in [2.45, 2.75) is 24.7 Å². The molecule has 10 aromatic carbocycles. The summed E-state index contributed by atoms with van der Waals surface area (Å²) in [6.07, 6.45) is 0. The van der Waals surface area contributed by atoms with Crippen LogP contribution in [0.5, 0.6) is 0 Å². The number of para-hydroxylation sites is 1. The van der Waals surface area contributed by atoms with E-state index in [4.69, 9.17) is 4.42 Å². The molecule has 3 aliphatic rings. The number of fused-ring (bicyclic) bond motifs is 16. The average Bonchev–Trinajstić information content (AvgIpc) is 4.06. The standard InChI is InChI=1S/C64H43NO/c1-63(2)55-24-8-3-17-47(55)51-36-34-45(39-59(51)63)65(43-32-29-40(30-33-43)41-31-35-53-52-21-7-12-28-60(52)66-61(53)38-41)44-16-13-15-42(37-44)46-22-14-23-54-50-20-6-11-27-58(50)64(62(46)54)56-25-9-4-18-48(56)49-19-5-10-26-57(49)64/h3-39H,1-2H3. The third-order valence-corrected chi connectivity index (χ3v) is 15.1. The normalized spacial score (nSPS) is 14.2. The first kappa shape index (κ1) is 37.2. The Morgan fingerprint density at radius 1 is 0.318 bits per heavy atom. The number of benzene rings is 10. The third kappa shape index (κ3) is 5.01. The van der Waals surface area contributed by atoms with E-state index in [1.54, 1.807) is 0 Å². The molecule has 11 aromatic rings. The Morgan fingerprint density at radius 2 is 0.833 bits per heavy atom. The van der Waals surface area contributed by atoms with Gasteiger partial charge in [0.15, 0.2) is 0 Å². The second kappa shape index (κ2) is 13.7. The predicted molar refractivity (Wildman–Crippen MR) is 273 cm³/mol. The highest BCUT2D eigenvalue weighted by Gasteiger charge is 2.52. The van der Waals surface area contributed by atoms with Crippen LogP contribution in [0, 0.1) is 0 Å². The van der Waals surface area contributed by atoms with E-state index in [0.717, 1.165) is 50.1 Å². The quantitative estimate of drug-likeness (QED) is 0.172. The summed E-state index contributed by atoms with van der Waals surface area (Å²) in [4.78, 5) is 2.45. The monoisotopic (exact) mass is 841 g/mol. The van der Waals surface area contributed by atoms with Crippen LogP contribution in [-0.4, -0.2) is 0 Å². The van der Waals surface area contributed by atoms with Crippen LogP contribution < -0.4 is 4.90 Å². The van der Waals surface area contributed by atoms with E-state index < -0.39 is 5.41 Å². The number of rotatable bonds is 5. The van der Waals surface area contributed by atoms with Crippen molar-refractivity contribution in [1.29, 1.82) is 0 Å². The molecule has 0 saturated carbocycles. The van der Waals surface area contributed by atoms with Crippen molar-refractivity contribution in [3.63, 3.8) is 0 Å². The molecule has 0 unspecified atom stereocenters. The van der Waals surface area contributed by atoms with Crippen molar-refractivity contribution in [3.8, 4) is 55.6 Å². The molecule has 1 spiro atoms. The lowest BCUT2D eigenvalue weighted by Gasteiger charge is -2.32. The molecule has 0 fully saturated rings. The van der Waals surface area contributed by atoms with Crippen LogP contribution in [0.25, 0.3) is 77.6 Å². The Bertz CT molecular complexity index is 3750. The Kier molecular flexibility index (Phi) is 7.70. The van der Waals surface area contributed by atoms with Gasteiger partial charge in [-0.05, 0) is 144 Å². The van der Waals surface area contributed by atoms with Crippen molar-refractivity contribution in [3.05, 3.63) is 258 Å². The highest BCUT2D eigenvalue weighted by Crippen LogP contribution is 2.64. The minimum atomic E-state index is -0.451. The first-order chi connectivity index (χ1) is 32.5. The van der Waals surface area contributed by atoms with E-state index in [9.17, 15) is 0 Å². The smallest absolute Gasteiger partial charge is 0.136 e. The van der Waals surface area contributed by atoms with Gasteiger partial charge in [0.25, 0.3) is 0 Å². The molecule has 0 bridgehead atoms. The van der Waals surface area contributed by atoms with Gasteiger partial charge in [-0.3, -0.25) is 0 Å². The molecule has 14 rings (SSSR count). The summed E-state index contributed by atoms with van der Waals surface area (Å²) >= 11 is 0. The molecule has 2 nitrogen and oxygen atoms in total. The van der Waals surface area contributed by atoms with Crippen LogP contribution in [0.3, 0.4) is 0 Å². The summed E-state index contributed by atoms with van der Waals surface area (Å²) in [7, 11) is 0. The van der Waals surface area contributed by atoms with E-state index in [-0.39, 0.29) is 5.41 Å². The Labute approximate surface area is 384 Å². The molecule has 66 heavy (non-hydrogen) atoms. The third-order valence-electron chi connectivity index (χ3n) is 15.1. The number of nitrogens with zero attached hydrogens (tertiary/aromatic N) is 1. The first-order valence-electron chi connectivity index (χ1n) is 23.1. The SMILES string of the molecule is CC1(C)c2ccccc2-c2ccc(N(c3ccc(-c4ccc5c(c4)oc4ccccc45)cc3)c3cccc(-c4cccc5c4C4(c6ccccc6-c6ccccc64)c4ccccc4-5)c3)cc21. The van der Waals surface area contributed by atoms with Gasteiger partial charge in [0, 0.05) is 33.2 Å². The van der Waals surface area contributed by atoms with Crippen molar-refractivity contribution in [2.24, 2.45) is 0 Å². The molecule has 1 aromatic heterocycles. The van der Waals surface area contributed by atoms with E-state index in [1.807, 2.05) is 12.1 Å². The summed E-state index contributed by atoms with van der Waals surface area (Å²) in [5.74, 6) is 0. The van der Waals surface area contributed by atoms with Crippen molar-refractivity contribution >= 4 is 39.0 Å². The molecular formula is C64H43NO. The molecular weight excluding hydrogens is 799 g/mol. The van der Waals surface area contributed by atoms with Gasteiger partial charge < -0.3 is 9.32 Å². The summed E-state index contributed by atoms with van der Waals surface area (Å²) in [5.41, 5.74) is 25.2. The second-order valence-electron chi connectivity index (χ2n) is 18.8. The van der Waals surface area contributed by atoms with Gasteiger partial charge in [0.2, 0.25) is 0 Å². The van der Waals surface area contributed by atoms with E-state index in [1.165, 1.54) is 77.9 Å². The van der Waals surface area contributed by atoms with Gasteiger partial charge in [-0.15, -0.1) is 0 Å². The van der Waals surface area contributed by atoms with E-state index in [0.29, 0.717) is 0 Å². The molecule has 0 N–H and O–H groups in total. The van der Waals surface area contributed by atoms with Gasteiger partial charge in [-0.25, -0.2) is 0 Å². The maximum atomic E-state index is 6.32. The number of hydrogen-bond donors (Lipinski definition) is 0. The Balaban J connectivity index is 0.948. The molecule has 3 aliphatic carbocycles. The molecule has 0 radical (unpaired) electrons. The summed E-state index contributed by atoms with van der Waals surface area (Å²) < 4.78 is 6.32. The predicted octanol–water partition coefficient (Wildman–Crippen LogP) is 17.0. The average molecular weight is 842 g/mol. The lowest BCUT2D eigenvalue weighted by Crippen LogP contribution is -2.26. The van der Waals surface area contributed by atoms with E-state index in [2.05, 4.69) is 231 Å². The van der Waals surface area contributed by atoms with Crippen molar-refractivity contribution in [2.75, 3.05) is 4.90 Å². The second-order valence-corrected chi connectivity index (χ2v) is 18.8. The van der Waals surface area contributed by atoms with Gasteiger partial charge in [-0.1, -0.05) is 184 Å². The van der Waals surface area contributed by atoms with Crippen molar-refractivity contribution in [1.82, 2.24) is 0 Å². The zero-order chi connectivity index (χ0) is 43.7. The van der Waals surface area contributed by atoms with E-state index >= 15 is 0 Å². The Morgan fingerprint density at radius 3 is 1.56 bits per heavy atom. The van der Waals surface area contributed by atoms with Gasteiger partial charge >= 0.3 is 0 Å². The minimum absolute atomic E-state index is 0.142. The highest BCUT2D eigenvalue weighted by molar-refractivity contribution is 6.06. The lowest BCUT2D eigenvalue weighted by molar-refractivity contribution is 0.660. The molecule has 1 heterocycles. The van der Waals surface area contributed by atoms with Gasteiger partial charge in [0.1, 0.15) is 11.2 Å². The molecule has 0 atom stereocenters. The Hall–Kier alpha value is -8.20. The number of hydrogen-bond acceptors (Lipinski definition) is 2. The molecule has 0 saturated heterocycles. The van der Waals surface area contributed by atoms with Gasteiger partial charge in [0.05, 0.1) is 5.41 Å². The van der Waals surface area contributed by atoms with Crippen LogP contribution in [0.2, 0.25) is 0 Å². The lowest BCUT2D eigenvalue weighted by atomic mass is 9.68. The fourth-order valence-electron chi connectivity index (χ4n) is 12.2. The summed E-state index contributed by atoms with van der Waals surface area (Å²) in [5, 5.41) is 2.28. The molecule has 310 valence electrons. The van der Waals surface area contributed by atoms with Crippen LogP contribution in [-0.2, 0) is 10.8 Å². The maximum Gasteiger partial charge on any atom is 0.136 e. The topological polar surface area (TPSA) is 16.4 Å². The van der Waals surface area contributed by atoms with Crippen LogP contribution in [0.4, 0.5) is 17.1 Å². The fraction of sp³-hybridized carbons (Fsp3) is 0.0625. The first-order valence-corrected chi connectivity index (χ1v) is 23.1. The number of anilines is 3. The van der Waals surface area contributed by atoms with Crippen LogP contribution in [0.1, 0.15) is 47.2 Å². The number of furan rings is 1. The minimum Gasteiger partial charge on any atom is -0.456 e. The highest BCUT2D eigenvalue weighted by atomic mass is 16.3. The van der Waals surface area contributed by atoms with Crippen LogP contribution in [0.15, 0.2) is 229 Å². The molecule has 0 amide bonds. The molecule has 2 heteroatoms. The summed E-state index contributed by atoms with van der Waals surface area (Å²) in [6, 6.07) is 83.3. The fourth-order valence-corrected chi connectivity index (χ4v) is 12.2.